The third-order valence-electron chi connectivity index (χ3n) is 6.19. The number of hydrogen-bond acceptors (Lipinski definition) is 3. The van der Waals surface area contributed by atoms with Gasteiger partial charge in [0.1, 0.15) is 5.41 Å². The van der Waals surface area contributed by atoms with Crippen LogP contribution in [0.25, 0.3) is 0 Å². The summed E-state index contributed by atoms with van der Waals surface area (Å²) in [5.74, 6) is -3.01. The van der Waals surface area contributed by atoms with Crippen LogP contribution in [0.1, 0.15) is 28.4 Å². The number of hydrogen-bond donors (Lipinski definition) is 2. The Morgan fingerprint density at radius 1 is 0.636 bits per heavy atom. The van der Waals surface area contributed by atoms with Gasteiger partial charge in [0.25, 0.3) is 0 Å². The number of carbonyl (C=O) groups excluding carboxylic acids is 1. The summed E-state index contributed by atoms with van der Waals surface area (Å²) in [6, 6.07) is 26.3. The summed E-state index contributed by atoms with van der Waals surface area (Å²) >= 11 is 0. The summed E-state index contributed by atoms with van der Waals surface area (Å²) in [5.41, 5.74) is -1.71. The van der Waals surface area contributed by atoms with Gasteiger partial charge in [-0.05, 0) is 18.1 Å². The highest BCUT2D eigenvalue weighted by molar-refractivity contribution is 6.14. The molecule has 0 radical (unpaired) electrons. The predicted octanol–water partition coefficient (Wildman–Crippen LogP) is 4.90. The lowest BCUT2D eigenvalue weighted by Gasteiger charge is -2.40. The zero-order valence-corrected chi connectivity index (χ0v) is 17.9. The van der Waals surface area contributed by atoms with E-state index in [-0.39, 0.29) is 11.1 Å². The van der Waals surface area contributed by atoms with E-state index in [0.29, 0.717) is 16.7 Å². The molecule has 0 bridgehead atoms. The van der Waals surface area contributed by atoms with Crippen molar-refractivity contribution in [2.75, 3.05) is 0 Å². The number of carbonyl (C=O) groups is 3. The van der Waals surface area contributed by atoms with E-state index in [0.717, 1.165) is 0 Å². The van der Waals surface area contributed by atoms with Gasteiger partial charge in [0.05, 0.1) is 11.0 Å². The standard InChI is InChI=1S/C28H22O5/c1-27(26(32)33)17-23(25(30)31)28(20-13-7-3-8-14-20,21-15-9-4-10-16-21)18-22(27)24(29)19-11-5-2-6-12-19/h2-18H,1H3,(H,30,31)(H,32,33). The maximum Gasteiger partial charge on any atom is 0.332 e. The fourth-order valence-corrected chi connectivity index (χ4v) is 4.42. The van der Waals surface area contributed by atoms with Crippen LogP contribution >= 0.6 is 0 Å². The molecule has 0 amide bonds. The number of allylic oxidation sites excluding steroid dienone is 1. The molecule has 1 unspecified atom stereocenters. The molecule has 4 rings (SSSR count). The monoisotopic (exact) mass is 438 g/mol. The minimum Gasteiger partial charge on any atom is -0.480 e. The number of benzene rings is 3. The molecule has 164 valence electrons. The molecule has 1 atom stereocenters. The van der Waals surface area contributed by atoms with E-state index in [1.807, 2.05) is 12.1 Å². The van der Waals surface area contributed by atoms with Crippen LogP contribution in [0.5, 0.6) is 0 Å². The van der Waals surface area contributed by atoms with Crippen molar-refractivity contribution < 1.29 is 24.6 Å². The van der Waals surface area contributed by atoms with Crippen molar-refractivity contribution in [3.8, 4) is 0 Å². The summed E-state index contributed by atoms with van der Waals surface area (Å²) in [6.07, 6.45) is 2.75. The Kier molecular flexibility index (Phi) is 5.56. The molecule has 0 spiro atoms. The van der Waals surface area contributed by atoms with Crippen LogP contribution in [0.2, 0.25) is 0 Å². The lowest BCUT2D eigenvalue weighted by molar-refractivity contribution is -0.143. The Morgan fingerprint density at radius 3 is 1.52 bits per heavy atom. The molecule has 2 N–H and O–H groups in total. The lowest BCUT2D eigenvalue weighted by atomic mass is 9.60. The molecule has 33 heavy (non-hydrogen) atoms. The topological polar surface area (TPSA) is 91.7 Å². The Bertz CT molecular complexity index is 1230. The minimum absolute atomic E-state index is 0.0129. The molecule has 3 aromatic carbocycles. The van der Waals surface area contributed by atoms with Crippen LogP contribution in [0.4, 0.5) is 0 Å². The van der Waals surface area contributed by atoms with Crippen molar-refractivity contribution in [3.05, 3.63) is 131 Å². The average molecular weight is 438 g/mol. The van der Waals surface area contributed by atoms with E-state index in [1.54, 1.807) is 78.9 Å². The normalized spacial score (nSPS) is 19.2. The maximum absolute atomic E-state index is 13.6. The Hall–Kier alpha value is -4.25. The number of Topliss-reactive ketones (excluding diaryl/α,β-unsaturated/α-hetero) is 1. The molecule has 5 heteroatoms. The van der Waals surface area contributed by atoms with E-state index in [1.165, 1.54) is 19.1 Å². The molecule has 0 fully saturated rings. The van der Waals surface area contributed by atoms with Crippen LogP contribution < -0.4 is 0 Å². The molecule has 0 saturated carbocycles. The number of ketones is 1. The van der Waals surface area contributed by atoms with Crippen LogP contribution in [-0.2, 0) is 15.0 Å². The number of carboxylic acids is 2. The summed E-state index contributed by atoms with van der Waals surface area (Å²) in [7, 11) is 0. The predicted molar refractivity (Wildman–Crippen MR) is 124 cm³/mol. The Labute approximate surface area is 191 Å². The third-order valence-corrected chi connectivity index (χ3v) is 6.19. The SMILES string of the molecule is CC1(C(=O)O)C=C(C(=O)O)C(c2ccccc2)(c2ccccc2)C=C1C(=O)c1ccccc1. The first-order valence-electron chi connectivity index (χ1n) is 10.4. The van der Waals surface area contributed by atoms with Gasteiger partial charge in [0, 0.05) is 11.1 Å². The highest BCUT2D eigenvalue weighted by Gasteiger charge is 2.51. The smallest absolute Gasteiger partial charge is 0.332 e. The lowest BCUT2D eigenvalue weighted by Crippen LogP contribution is -2.43. The van der Waals surface area contributed by atoms with E-state index in [2.05, 4.69) is 0 Å². The zero-order valence-electron chi connectivity index (χ0n) is 17.9. The first kappa shape index (κ1) is 22.0. The van der Waals surface area contributed by atoms with E-state index >= 15 is 0 Å². The van der Waals surface area contributed by atoms with Gasteiger partial charge in [-0.3, -0.25) is 9.59 Å². The van der Waals surface area contributed by atoms with Gasteiger partial charge in [0.2, 0.25) is 0 Å². The van der Waals surface area contributed by atoms with Crippen LogP contribution in [-0.4, -0.2) is 27.9 Å². The van der Waals surface area contributed by atoms with E-state index in [9.17, 15) is 24.6 Å². The second kappa shape index (κ2) is 8.36. The van der Waals surface area contributed by atoms with Gasteiger partial charge in [-0.25, -0.2) is 4.79 Å². The van der Waals surface area contributed by atoms with Crippen LogP contribution in [0, 0.1) is 5.41 Å². The fourth-order valence-electron chi connectivity index (χ4n) is 4.42. The largest absolute Gasteiger partial charge is 0.480 e. The first-order chi connectivity index (χ1) is 15.8. The van der Waals surface area contributed by atoms with Crippen molar-refractivity contribution in [2.24, 2.45) is 5.41 Å². The number of rotatable bonds is 6. The maximum atomic E-state index is 13.6. The molecule has 1 aliphatic rings. The summed E-state index contributed by atoms with van der Waals surface area (Å²) in [5, 5.41) is 20.4. The van der Waals surface area contributed by atoms with Gasteiger partial charge in [-0.2, -0.15) is 0 Å². The fraction of sp³-hybridized carbons (Fsp3) is 0.107. The van der Waals surface area contributed by atoms with E-state index in [4.69, 9.17) is 0 Å². The van der Waals surface area contributed by atoms with Crippen LogP contribution in [0.15, 0.2) is 114 Å². The molecule has 0 aliphatic heterocycles. The first-order valence-corrected chi connectivity index (χ1v) is 10.4. The molecule has 5 nitrogen and oxygen atoms in total. The second-order valence-corrected chi connectivity index (χ2v) is 8.16. The van der Waals surface area contributed by atoms with Gasteiger partial charge in [-0.1, -0.05) is 103 Å². The van der Waals surface area contributed by atoms with Crippen molar-refractivity contribution in [1.29, 1.82) is 0 Å². The van der Waals surface area contributed by atoms with E-state index < -0.39 is 28.6 Å². The van der Waals surface area contributed by atoms with Gasteiger partial charge in [0.15, 0.2) is 5.78 Å². The molecule has 3 aromatic rings. The molecule has 1 aliphatic carbocycles. The highest BCUT2D eigenvalue weighted by Crippen LogP contribution is 2.50. The summed E-state index contributed by atoms with van der Waals surface area (Å²) < 4.78 is 0. The summed E-state index contributed by atoms with van der Waals surface area (Å²) in [4.78, 5) is 38.7. The molecule has 0 saturated heterocycles. The quantitative estimate of drug-likeness (QED) is 0.534. The minimum atomic E-state index is -1.83. The Balaban J connectivity index is 2.12. The number of aliphatic carboxylic acids is 2. The Morgan fingerprint density at radius 2 is 1.09 bits per heavy atom. The molecule has 0 heterocycles. The van der Waals surface area contributed by atoms with Crippen molar-refractivity contribution in [1.82, 2.24) is 0 Å². The van der Waals surface area contributed by atoms with Gasteiger partial charge < -0.3 is 10.2 Å². The van der Waals surface area contributed by atoms with Gasteiger partial charge >= 0.3 is 11.9 Å². The average Bonchev–Trinajstić information content (AvgIpc) is 2.85. The zero-order chi connectivity index (χ0) is 23.6. The molecular weight excluding hydrogens is 416 g/mol. The second-order valence-electron chi connectivity index (χ2n) is 8.16. The van der Waals surface area contributed by atoms with Crippen molar-refractivity contribution >= 4 is 17.7 Å². The highest BCUT2D eigenvalue weighted by atomic mass is 16.4. The third kappa shape index (κ3) is 3.57. The number of carboxylic acid groups (broad SMARTS) is 2. The van der Waals surface area contributed by atoms with Crippen molar-refractivity contribution in [3.63, 3.8) is 0 Å². The summed E-state index contributed by atoms with van der Waals surface area (Å²) in [6.45, 7) is 1.37. The molecular formula is C28H22O5. The van der Waals surface area contributed by atoms with Crippen LogP contribution in [0.3, 0.4) is 0 Å². The molecule has 0 aromatic heterocycles. The van der Waals surface area contributed by atoms with Crippen molar-refractivity contribution in [2.45, 2.75) is 12.3 Å². The van der Waals surface area contributed by atoms with Gasteiger partial charge in [-0.15, -0.1) is 0 Å².